The molecule has 0 bridgehead atoms. The molecule has 0 rings (SSSR count). The zero-order valence-electron chi connectivity index (χ0n) is 16.9. The van der Waals surface area contributed by atoms with Crippen molar-refractivity contribution in [2.75, 3.05) is 0 Å². The van der Waals surface area contributed by atoms with Gasteiger partial charge in [0.05, 0.1) is 0 Å². The van der Waals surface area contributed by atoms with E-state index < -0.39 is 0 Å². The molecule has 0 spiro atoms. The first-order valence-corrected chi connectivity index (χ1v) is 10.6. The molecular weight excluding hydrogens is 276 g/mol. The summed E-state index contributed by atoms with van der Waals surface area (Å²) in [7, 11) is 0. The fourth-order valence-electron chi connectivity index (χ4n) is 2.41. The molecule has 23 heavy (non-hydrogen) atoms. The average Bonchev–Trinajstić information content (AvgIpc) is 2.55. The fraction of sp³-hybridized carbons (Fsp3) is 0.826. The molecule has 0 heterocycles. The lowest BCUT2D eigenvalue weighted by molar-refractivity contribution is 0.577. The predicted molar refractivity (Wildman–Crippen MR) is 110 cm³/mol. The van der Waals surface area contributed by atoms with Gasteiger partial charge in [-0.25, -0.2) is 0 Å². The van der Waals surface area contributed by atoms with E-state index in [-0.39, 0.29) is 0 Å². The Labute approximate surface area is 148 Å². The topological polar surface area (TPSA) is 0 Å². The van der Waals surface area contributed by atoms with Gasteiger partial charge in [-0.2, -0.15) is 0 Å². The van der Waals surface area contributed by atoms with E-state index in [1.165, 1.54) is 89.9 Å². The van der Waals surface area contributed by atoms with Gasteiger partial charge in [0.2, 0.25) is 0 Å². The summed E-state index contributed by atoms with van der Waals surface area (Å²) < 4.78 is 0. The van der Waals surface area contributed by atoms with Crippen LogP contribution < -0.4 is 0 Å². The summed E-state index contributed by atoms with van der Waals surface area (Å²) in [5.41, 5.74) is 0. The van der Waals surface area contributed by atoms with E-state index in [0.29, 0.717) is 0 Å². The molecule has 0 amide bonds. The molecule has 0 fully saturated rings. The second-order valence-electron chi connectivity index (χ2n) is 6.64. The van der Waals surface area contributed by atoms with Crippen LogP contribution in [0.4, 0.5) is 0 Å². The van der Waals surface area contributed by atoms with E-state index in [4.69, 9.17) is 0 Å². The van der Waals surface area contributed by atoms with Crippen molar-refractivity contribution in [3.05, 3.63) is 24.3 Å². The minimum Gasteiger partial charge on any atom is -0.0882 e. The lowest BCUT2D eigenvalue weighted by Crippen LogP contribution is -1.79. The second kappa shape index (κ2) is 26.4. The molecule has 0 unspecified atom stereocenters. The number of allylic oxidation sites excluding steroid dienone is 4. The van der Waals surface area contributed by atoms with Gasteiger partial charge in [-0.3, -0.25) is 0 Å². The Morgan fingerprint density at radius 1 is 0.435 bits per heavy atom. The van der Waals surface area contributed by atoms with Crippen LogP contribution in [-0.2, 0) is 0 Å². The summed E-state index contributed by atoms with van der Waals surface area (Å²) >= 11 is 0. The molecule has 138 valence electrons. The first kappa shape index (κ1) is 24.7. The third-order valence-corrected chi connectivity index (χ3v) is 3.80. The molecule has 0 aromatic carbocycles. The summed E-state index contributed by atoms with van der Waals surface area (Å²) in [4.78, 5) is 0. The van der Waals surface area contributed by atoms with Crippen molar-refractivity contribution in [2.24, 2.45) is 0 Å². The third-order valence-electron chi connectivity index (χ3n) is 3.80. The van der Waals surface area contributed by atoms with E-state index in [1.807, 2.05) is 0 Å². The van der Waals surface area contributed by atoms with E-state index in [1.54, 1.807) is 0 Å². The standard InChI is InChI=1S/C20H38.C3H8/c1-3-5-7-9-11-13-15-17-19-20-18-16-14-12-10-8-6-4-2;1-3-2/h11,13,17,19H,3-10,12,14-16,18,20H2,1-2H3;3H2,1-2H3/b13-11-,19-17-;. The van der Waals surface area contributed by atoms with Gasteiger partial charge < -0.3 is 0 Å². The Kier molecular flexibility index (Phi) is 28.4. The molecule has 0 saturated carbocycles. The minimum atomic E-state index is 1.13. The van der Waals surface area contributed by atoms with Crippen LogP contribution in [0.3, 0.4) is 0 Å². The van der Waals surface area contributed by atoms with Gasteiger partial charge in [0.15, 0.2) is 0 Å². The minimum absolute atomic E-state index is 1.13. The molecule has 0 radical (unpaired) electrons. The lowest BCUT2D eigenvalue weighted by Gasteiger charge is -1.99. The smallest absolute Gasteiger partial charge is 0.0169 e. The number of rotatable bonds is 15. The van der Waals surface area contributed by atoms with E-state index in [2.05, 4.69) is 52.0 Å². The fourth-order valence-corrected chi connectivity index (χ4v) is 2.41. The molecule has 0 aliphatic carbocycles. The highest BCUT2D eigenvalue weighted by Gasteiger charge is 1.90. The molecule has 0 N–H and O–H groups in total. The van der Waals surface area contributed by atoms with E-state index >= 15 is 0 Å². The van der Waals surface area contributed by atoms with Gasteiger partial charge in [-0.15, -0.1) is 0 Å². The molecule has 0 heteroatoms. The maximum atomic E-state index is 2.37. The largest absolute Gasteiger partial charge is 0.0882 e. The molecule has 0 nitrogen and oxygen atoms in total. The Morgan fingerprint density at radius 3 is 1.26 bits per heavy atom. The lowest BCUT2D eigenvalue weighted by atomic mass is 10.1. The van der Waals surface area contributed by atoms with Crippen molar-refractivity contribution in [3.8, 4) is 0 Å². The highest BCUT2D eigenvalue weighted by molar-refractivity contribution is 4.92. The molecule has 0 saturated heterocycles. The molecular formula is C23H46. The van der Waals surface area contributed by atoms with Crippen LogP contribution in [-0.4, -0.2) is 0 Å². The van der Waals surface area contributed by atoms with Gasteiger partial charge in [0.1, 0.15) is 0 Å². The van der Waals surface area contributed by atoms with Gasteiger partial charge in [0, 0.05) is 0 Å². The van der Waals surface area contributed by atoms with Gasteiger partial charge >= 0.3 is 0 Å². The highest BCUT2D eigenvalue weighted by atomic mass is 14.0. The van der Waals surface area contributed by atoms with Crippen molar-refractivity contribution < 1.29 is 0 Å². The van der Waals surface area contributed by atoms with Crippen LogP contribution in [0.5, 0.6) is 0 Å². The van der Waals surface area contributed by atoms with Crippen molar-refractivity contribution in [1.82, 2.24) is 0 Å². The van der Waals surface area contributed by atoms with E-state index in [0.717, 1.165) is 6.42 Å². The van der Waals surface area contributed by atoms with Crippen LogP contribution in [0.2, 0.25) is 0 Å². The first-order valence-electron chi connectivity index (χ1n) is 10.6. The molecule has 0 aromatic rings. The Hall–Kier alpha value is -0.520. The van der Waals surface area contributed by atoms with Crippen molar-refractivity contribution in [3.63, 3.8) is 0 Å². The SMILES string of the molecule is CCC.CCCCC/C=C\C/C=C\CCCCCCCCCC. The molecule has 0 aliphatic rings. The maximum Gasteiger partial charge on any atom is -0.0169 e. The first-order chi connectivity index (χ1) is 11.3. The Morgan fingerprint density at radius 2 is 0.783 bits per heavy atom. The molecule has 0 aromatic heterocycles. The van der Waals surface area contributed by atoms with Gasteiger partial charge in [-0.1, -0.05) is 116 Å². The Bertz CT molecular complexity index is 224. The summed E-state index contributed by atoms with van der Waals surface area (Å²) in [6.45, 7) is 8.80. The zero-order chi connectivity index (χ0) is 17.4. The maximum absolute atomic E-state index is 2.37. The monoisotopic (exact) mass is 322 g/mol. The van der Waals surface area contributed by atoms with Gasteiger partial charge in [-0.05, 0) is 32.1 Å². The number of hydrogen-bond acceptors (Lipinski definition) is 0. The summed E-state index contributed by atoms with van der Waals surface area (Å²) in [5, 5.41) is 0. The zero-order valence-corrected chi connectivity index (χ0v) is 16.9. The van der Waals surface area contributed by atoms with Gasteiger partial charge in [0.25, 0.3) is 0 Å². The van der Waals surface area contributed by atoms with Crippen LogP contribution in [0.1, 0.15) is 124 Å². The third kappa shape index (κ3) is 30.0. The molecule has 0 aliphatic heterocycles. The normalized spacial score (nSPS) is 11.1. The van der Waals surface area contributed by atoms with E-state index in [9.17, 15) is 0 Å². The number of unbranched alkanes of at least 4 members (excludes halogenated alkanes) is 11. The predicted octanol–water partition coefficient (Wildman–Crippen LogP) is 9.02. The Balaban J connectivity index is 0. The van der Waals surface area contributed by atoms with Crippen LogP contribution in [0, 0.1) is 0 Å². The van der Waals surface area contributed by atoms with Crippen molar-refractivity contribution in [1.29, 1.82) is 0 Å². The van der Waals surface area contributed by atoms with Crippen molar-refractivity contribution >= 4 is 0 Å². The van der Waals surface area contributed by atoms with Crippen LogP contribution in [0.15, 0.2) is 24.3 Å². The quantitative estimate of drug-likeness (QED) is 0.208. The average molecular weight is 323 g/mol. The summed E-state index contributed by atoms with van der Waals surface area (Å²) in [5.74, 6) is 0. The summed E-state index contributed by atoms with van der Waals surface area (Å²) in [6.07, 6.45) is 29.7. The van der Waals surface area contributed by atoms with Crippen molar-refractivity contribution in [2.45, 2.75) is 124 Å². The second-order valence-corrected chi connectivity index (χ2v) is 6.64. The van der Waals surface area contributed by atoms with Crippen LogP contribution >= 0.6 is 0 Å². The highest BCUT2D eigenvalue weighted by Crippen LogP contribution is 2.09. The number of hydrogen-bond donors (Lipinski definition) is 0. The van der Waals surface area contributed by atoms with Crippen LogP contribution in [0.25, 0.3) is 0 Å². The molecule has 0 atom stereocenters. The summed E-state index contributed by atoms with van der Waals surface area (Å²) in [6, 6.07) is 0.